The number of phenols is 1. The van der Waals surface area contributed by atoms with Crippen molar-refractivity contribution in [2.45, 2.75) is 25.7 Å². The minimum atomic E-state index is -0.133. The van der Waals surface area contributed by atoms with Gasteiger partial charge in [-0.3, -0.25) is 9.59 Å². The second-order valence-electron chi connectivity index (χ2n) is 9.69. The number of nitrogens with zero attached hydrogens (tertiary/aromatic N) is 3. The summed E-state index contributed by atoms with van der Waals surface area (Å²) in [7, 11) is 0. The fourth-order valence-electron chi connectivity index (χ4n) is 5.12. The van der Waals surface area contributed by atoms with E-state index in [2.05, 4.69) is 20.9 Å². The molecule has 7 nitrogen and oxygen atoms in total. The molecule has 2 saturated heterocycles. The molecule has 0 unspecified atom stereocenters. The largest absolute Gasteiger partial charge is 0.507 e. The molecule has 0 aliphatic carbocycles. The van der Waals surface area contributed by atoms with Crippen LogP contribution < -0.4 is 4.74 Å². The normalized spacial score (nSPS) is 17.0. The van der Waals surface area contributed by atoms with Crippen molar-refractivity contribution in [1.82, 2.24) is 14.8 Å². The van der Waals surface area contributed by atoms with E-state index in [-0.39, 0.29) is 23.0 Å². The second-order valence-corrected chi connectivity index (χ2v) is 11.0. The number of piperidine rings is 2. The van der Waals surface area contributed by atoms with E-state index in [1.807, 2.05) is 9.80 Å². The van der Waals surface area contributed by atoms with E-state index in [4.69, 9.17) is 16.3 Å². The Morgan fingerprint density at radius 3 is 2.08 bits per heavy atom. The minimum Gasteiger partial charge on any atom is -0.507 e. The molecule has 1 N–H and O–H groups in total. The van der Waals surface area contributed by atoms with Crippen LogP contribution >= 0.6 is 27.5 Å². The van der Waals surface area contributed by atoms with Crippen LogP contribution in [0.4, 0.5) is 0 Å². The zero-order chi connectivity index (χ0) is 26.0. The number of benzene rings is 2. The van der Waals surface area contributed by atoms with E-state index in [9.17, 15) is 14.7 Å². The van der Waals surface area contributed by atoms with Crippen LogP contribution in [0.25, 0.3) is 0 Å². The molecule has 5 rings (SSSR count). The molecule has 9 heteroatoms. The number of ether oxygens (including phenoxy) is 1. The first-order chi connectivity index (χ1) is 17.8. The molecule has 0 bridgehead atoms. The number of halogens is 2. The molecule has 1 aromatic heterocycles. The predicted octanol–water partition coefficient (Wildman–Crippen LogP) is 6.15. The van der Waals surface area contributed by atoms with Crippen molar-refractivity contribution in [2.24, 2.45) is 5.41 Å². The molecule has 0 atom stereocenters. The highest BCUT2D eigenvalue weighted by Crippen LogP contribution is 2.42. The van der Waals surface area contributed by atoms with Gasteiger partial charge in [-0.05, 0) is 79.6 Å². The molecule has 37 heavy (non-hydrogen) atoms. The third kappa shape index (κ3) is 5.75. The molecule has 0 radical (unpaired) electrons. The Morgan fingerprint density at radius 1 is 0.892 bits per heavy atom. The SMILES string of the molecule is O=C(c1ccc(Oc2ccc(Cl)cn2)cc1)N1CCC2(CC1)CCN(C(=O)c1ccc(Br)cc1O)CC2. The van der Waals surface area contributed by atoms with Gasteiger partial charge in [-0.1, -0.05) is 27.5 Å². The second kappa shape index (κ2) is 10.7. The van der Waals surface area contributed by atoms with Crippen LogP contribution in [0, 0.1) is 5.41 Å². The maximum Gasteiger partial charge on any atom is 0.257 e. The number of phenolic OH excluding ortho intramolecular Hbond substituents is 1. The number of hydrogen-bond donors (Lipinski definition) is 1. The van der Waals surface area contributed by atoms with Crippen molar-refractivity contribution >= 4 is 39.3 Å². The molecule has 2 aliphatic heterocycles. The molecule has 2 aromatic carbocycles. The van der Waals surface area contributed by atoms with Crippen molar-refractivity contribution in [3.8, 4) is 17.4 Å². The molecule has 192 valence electrons. The average Bonchev–Trinajstić information content (AvgIpc) is 2.91. The number of carbonyl (C=O) groups excluding carboxylic acids is 2. The van der Waals surface area contributed by atoms with Crippen molar-refractivity contribution < 1.29 is 19.4 Å². The Bertz CT molecular complexity index is 1280. The van der Waals surface area contributed by atoms with E-state index in [1.165, 1.54) is 6.20 Å². The third-order valence-electron chi connectivity index (χ3n) is 7.44. The van der Waals surface area contributed by atoms with Crippen LogP contribution in [0.15, 0.2) is 65.3 Å². The van der Waals surface area contributed by atoms with Crippen LogP contribution in [-0.2, 0) is 0 Å². The predicted molar refractivity (Wildman–Crippen MR) is 144 cm³/mol. The molecule has 2 fully saturated rings. The van der Waals surface area contributed by atoms with Crippen LogP contribution in [0.1, 0.15) is 46.4 Å². The Balaban J connectivity index is 1.13. The standard InChI is InChI=1S/C28H27BrClN3O4/c29-20-3-7-23(24(34)17-20)27(36)33-15-11-28(12-16-33)9-13-32(14-10-28)26(35)19-1-5-22(6-2-19)37-25-8-4-21(30)18-31-25/h1-8,17-18,34H,9-16H2. The summed E-state index contributed by atoms with van der Waals surface area (Å²) < 4.78 is 6.45. The summed E-state index contributed by atoms with van der Waals surface area (Å²) in [5.41, 5.74) is 1.11. The van der Waals surface area contributed by atoms with Gasteiger partial charge in [0.25, 0.3) is 11.8 Å². The number of rotatable bonds is 4. The van der Waals surface area contributed by atoms with Crippen molar-refractivity contribution in [3.63, 3.8) is 0 Å². The van der Waals surface area contributed by atoms with Gasteiger partial charge in [0.2, 0.25) is 5.88 Å². The molecule has 2 amide bonds. The molecule has 0 saturated carbocycles. The van der Waals surface area contributed by atoms with E-state index >= 15 is 0 Å². The Labute approximate surface area is 229 Å². The zero-order valence-electron chi connectivity index (χ0n) is 20.2. The van der Waals surface area contributed by atoms with Crippen LogP contribution in [-0.4, -0.2) is 57.9 Å². The number of pyridine rings is 1. The molecule has 2 aliphatic rings. The van der Waals surface area contributed by atoms with Gasteiger partial charge in [0.1, 0.15) is 11.5 Å². The lowest BCUT2D eigenvalue weighted by Crippen LogP contribution is -2.49. The highest BCUT2D eigenvalue weighted by atomic mass is 79.9. The third-order valence-corrected chi connectivity index (χ3v) is 8.15. The van der Waals surface area contributed by atoms with Crippen molar-refractivity contribution in [1.29, 1.82) is 0 Å². The van der Waals surface area contributed by atoms with Gasteiger partial charge in [0, 0.05) is 48.5 Å². The number of aromatic nitrogens is 1. The summed E-state index contributed by atoms with van der Waals surface area (Å²) in [4.78, 5) is 33.9. The van der Waals surface area contributed by atoms with Crippen LogP contribution in [0.5, 0.6) is 17.4 Å². The highest BCUT2D eigenvalue weighted by molar-refractivity contribution is 9.10. The van der Waals surface area contributed by atoms with Crippen molar-refractivity contribution in [3.05, 3.63) is 81.4 Å². The van der Waals surface area contributed by atoms with Crippen LogP contribution in [0.3, 0.4) is 0 Å². The molecule has 3 heterocycles. The summed E-state index contributed by atoms with van der Waals surface area (Å²) >= 11 is 9.17. The number of likely N-dealkylation sites (tertiary alicyclic amines) is 2. The van der Waals surface area contributed by atoms with Gasteiger partial charge in [-0.25, -0.2) is 4.98 Å². The summed E-state index contributed by atoms with van der Waals surface area (Å²) in [6.45, 7) is 2.72. The fourth-order valence-corrected chi connectivity index (χ4v) is 5.58. The van der Waals surface area contributed by atoms with Gasteiger partial charge in [0.15, 0.2) is 0 Å². The van der Waals surface area contributed by atoms with Gasteiger partial charge >= 0.3 is 0 Å². The maximum atomic E-state index is 13.1. The van der Waals surface area contributed by atoms with E-state index < -0.39 is 0 Å². The Kier molecular flexibility index (Phi) is 7.40. The van der Waals surface area contributed by atoms with Crippen molar-refractivity contribution in [2.75, 3.05) is 26.2 Å². The highest BCUT2D eigenvalue weighted by Gasteiger charge is 2.39. The molecular weight excluding hydrogens is 558 g/mol. The lowest BCUT2D eigenvalue weighted by atomic mass is 9.71. The smallest absolute Gasteiger partial charge is 0.257 e. The first-order valence-electron chi connectivity index (χ1n) is 12.3. The quantitative estimate of drug-likeness (QED) is 0.398. The lowest BCUT2D eigenvalue weighted by Gasteiger charge is -2.47. The summed E-state index contributed by atoms with van der Waals surface area (Å²) in [6.07, 6.45) is 5.18. The first-order valence-corrected chi connectivity index (χ1v) is 13.5. The lowest BCUT2D eigenvalue weighted by molar-refractivity contribution is 0.0280. The van der Waals surface area contributed by atoms with E-state index in [0.29, 0.717) is 54.0 Å². The number of amides is 2. The topological polar surface area (TPSA) is 83.0 Å². The number of aromatic hydroxyl groups is 1. The molecule has 1 spiro atoms. The zero-order valence-corrected chi connectivity index (χ0v) is 22.5. The number of hydrogen-bond acceptors (Lipinski definition) is 5. The summed E-state index contributed by atoms with van der Waals surface area (Å²) in [5, 5.41) is 10.7. The van der Waals surface area contributed by atoms with Gasteiger partial charge in [-0.15, -0.1) is 0 Å². The monoisotopic (exact) mass is 583 g/mol. The molecular formula is C28H27BrClN3O4. The van der Waals surface area contributed by atoms with Gasteiger partial charge < -0.3 is 19.6 Å². The van der Waals surface area contributed by atoms with E-state index in [0.717, 1.165) is 30.2 Å². The fraction of sp³-hybridized carbons (Fsp3) is 0.321. The first kappa shape index (κ1) is 25.5. The molecule has 3 aromatic rings. The van der Waals surface area contributed by atoms with E-state index in [1.54, 1.807) is 54.6 Å². The average molecular weight is 585 g/mol. The van der Waals surface area contributed by atoms with Crippen LogP contribution in [0.2, 0.25) is 5.02 Å². The van der Waals surface area contributed by atoms with Gasteiger partial charge in [-0.2, -0.15) is 0 Å². The maximum absolute atomic E-state index is 13.1. The number of carbonyl (C=O) groups is 2. The minimum absolute atomic E-state index is 0.00674. The Morgan fingerprint density at radius 2 is 1.51 bits per heavy atom. The Hall–Kier alpha value is -3.10. The van der Waals surface area contributed by atoms with Gasteiger partial charge in [0.05, 0.1) is 10.6 Å². The summed E-state index contributed by atoms with van der Waals surface area (Å²) in [5.74, 6) is 0.914. The summed E-state index contributed by atoms with van der Waals surface area (Å²) in [6, 6.07) is 15.5.